The van der Waals surface area contributed by atoms with Crippen molar-refractivity contribution in [3.05, 3.63) is 47.1 Å². The van der Waals surface area contributed by atoms with Gasteiger partial charge in [0, 0.05) is 30.6 Å². The molecule has 3 heterocycles. The number of hydrogen-bond acceptors (Lipinski definition) is 6. The molecular formula is C31H36ClN3O3. The van der Waals surface area contributed by atoms with Crippen LogP contribution in [0.1, 0.15) is 55.3 Å². The lowest BCUT2D eigenvalue weighted by Gasteiger charge is -2.36. The fourth-order valence-corrected chi connectivity index (χ4v) is 6.37. The maximum Gasteiger partial charge on any atom is 0.176 e. The molecule has 1 aliphatic carbocycles. The van der Waals surface area contributed by atoms with Crippen LogP contribution in [-0.4, -0.2) is 60.6 Å². The number of ether oxygens (including phenoxy) is 1. The maximum absolute atomic E-state index is 13.4. The van der Waals surface area contributed by atoms with Crippen molar-refractivity contribution in [1.29, 1.82) is 0 Å². The predicted molar refractivity (Wildman–Crippen MR) is 153 cm³/mol. The number of rotatable bonds is 8. The average molecular weight is 534 g/mol. The fourth-order valence-electron chi connectivity index (χ4n) is 6.16. The molecule has 7 heteroatoms. The molecule has 2 aliphatic heterocycles. The maximum atomic E-state index is 13.4. The summed E-state index contributed by atoms with van der Waals surface area (Å²) in [6, 6.07) is 9.67. The predicted octanol–water partition coefficient (Wildman–Crippen LogP) is 6.56. The second kappa shape index (κ2) is 10.7. The zero-order chi connectivity index (χ0) is 26.2. The topological polar surface area (TPSA) is 65.9 Å². The highest BCUT2D eigenvalue weighted by Crippen LogP contribution is 2.42. The second-order valence-corrected chi connectivity index (χ2v) is 11.6. The lowest BCUT2D eigenvalue weighted by molar-refractivity contribution is 0.0968. The third-order valence-electron chi connectivity index (χ3n) is 8.62. The molecule has 0 atom stereocenters. The monoisotopic (exact) mass is 533 g/mol. The third kappa shape index (κ3) is 5.08. The molecule has 3 aromatic rings. The summed E-state index contributed by atoms with van der Waals surface area (Å²) in [5.74, 6) is 1.37. The van der Waals surface area contributed by atoms with Gasteiger partial charge in [-0.25, -0.2) is 0 Å². The highest BCUT2D eigenvalue weighted by atomic mass is 35.5. The number of ketones is 1. The lowest BCUT2D eigenvalue weighted by atomic mass is 9.91. The van der Waals surface area contributed by atoms with Crippen LogP contribution in [0.2, 0.25) is 5.02 Å². The molecule has 38 heavy (non-hydrogen) atoms. The van der Waals surface area contributed by atoms with Crippen LogP contribution in [0.15, 0.2) is 36.5 Å². The number of halogens is 1. The van der Waals surface area contributed by atoms with Crippen molar-refractivity contribution >= 4 is 34.0 Å². The van der Waals surface area contributed by atoms with E-state index >= 15 is 0 Å². The SMILES string of the molecule is COc1cc(-c2ccc3ncc(C(=O)C4CC4)c(N4CCC(CCN5CCCC5)CC4)c3c2)cc(Cl)c1O. The normalized spacial score (nSPS) is 18.8. The van der Waals surface area contributed by atoms with E-state index in [1.165, 1.54) is 46.0 Å². The number of phenolic OH excluding ortho intramolecular Hbond substituents is 1. The molecule has 1 aromatic heterocycles. The van der Waals surface area contributed by atoms with E-state index in [2.05, 4.69) is 15.9 Å². The second-order valence-electron chi connectivity index (χ2n) is 11.2. The first kappa shape index (κ1) is 25.4. The minimum Gasteiger partial charge on any atom is -0.503 e. The molecule has 6 nitrogen and oxygen atoms in total. The van der Waals surface area contributed by atoms with Crippen LogP contribution < -0.4 is 9.64 Å². The number of aromatic hydroxyl groups is 1. The van der Waals surface area contributed by atoms with Gasteiger partial charge in [0.2, 0.25) is 0 Å². The number of methoxy groups -OCH3 is 1. The summed E-state index contributed by atoms with van der Waals surface area (Å²) in [6.07, 6.45) is 10.0. The standard InChI is InChI=1S/C31H36ClN3O3/c1-38-28-18-23(17-26(32)31(28)37)22-6-7-27-24(16-22)29(25(19-33-27)30(36)21-4-5-21)35-14-9-20(10-15-35)8-13-34-11-2-3-12-34/h6-7,16-21,37H,2-5,8-15H2,1H3. The van der Waals surface area contributed by atoms with Gasteiger partial charge in [0.15, 0.2) is 17.3 Å². The summed E-state index contributed by atoms with van der Waals surface area (Å²) >= 11 is 6.31. The molecule has 2 aromatic carbocycles. The molecule has 200 valence electrons. The lowest BCUT2D eigenvalue weighted by Crippen LogP contribution is -2.36. The molecule has 1 saturated carbocycles. The molecule has 3 fully saturated rings. The molecule has 3 aliphatic rings. The van der Waals surface area contributed by atoms with Gasteiger partial charge in [0.1, 0.15) is 0 Å². The Bertz CT molecular complexity index is 1340. The zero-order valence-electron chi connectivity index (χ0n) is 22.1. The first-order chi connectivity index (χ1) is 18.5. The van der Waals surface area contributed by atoms with Gasteiger partial charge in [-0.05, 0) is 106 Å². The summed E-state index contributed by atoms with van der Waals surface area (Å²) in [5, 5.41) is 11.5. The molecule has 2 saturated heterocycles. The Balaban J connectivity index is 1.33. The zero-order valence-corrected chi connectivity index (χ0v) is 22.8. The minimum absolute atomic E-state index is 0.0639. The first-order valence-corrected chi connectivity index (χ1v) is 14.4. The van der Waals surface area contributed by atoms with E-state index in [9.17, 15) is 9.90 Å². The van der Waals surface area contributed by atoms with Crippen molar-refractivity contribution in [2.45, 2.75) is 44.9 Å². The Morgan fingerprint density at radius 1 is 1.05 bits per heavy atom. The van der Waals surface area contributed by atoms with Crippen LogP contribution in [0.3, 0.4) is 0 Å². The number of likely N-dealkylation sites (tertiary alicyclic amines) is 1. The van der Waals surface area contributed by atoms with Crippen molar-refractivity contribution in [1.82, 2.24) is 9.88 Å². The van der Waals surface area contributed by atoms with Gasteiger partial charge < -0.3 is 19.6 Å². The number of phenols is 1. The molecular weight excluding hydrogens is 498 g/mol. The minimum atomic E-state index is -0.0639. The number of anilines is 1. The number of benzene rings is 2. The highest BCUT2D eigenvalue weighted by Gasteiger charge is 2.34. The van der Waals surface area contributed by atoms with Crippen molar-refractivity contribution in [2.24, 2.45) is 11.8 Å². The summed E-state index contributed by atoms with van der Waals surface area (Å²) in [6.45, 7) is 5.65. The Kier molecular flexibility index (Phi) is 7.19. The first-order valence-electron chi connectivity index (χ1n) is 14.0. The van der Waals surface area contributed by atoms with Gasteiger partial charge in [-0.1, -0.05) is 17.7 Å². The summed E-state index contributed by atoms with van der Waals surface area (Å²) in [7, 11) is 1.52. The average Bonchev–Trinajstić information content (AvgIpc) is 3.67. The Labute approximate surface area is 229 Å². The molecule has 1 N–H and O–H groups in total. The molecule has 0 spiro atoms. The number of pyridine rings is 1. The summed E-state index contributed by atoms with van der Waals surface area (Å²) in [4.78, 5) is 23.2. The van der Waals surface area contributed by atoms with Gasteiger partial charge in [-0.2, -0.15) is 0 Å². The highest BCUT2D eigenvalue weighted by molar-refractivity contribution is 6.32. The van der Waals surface area contributed by atoms with E-state index in [0.29, 0.717) is 5.75 Å². The molecule has 0 radical (unpaired) electrons. The van der Waals surface area contributed by atoms with E-state index in [-0.39, 0.29) is 22.5 Å². The Morgan fingerprint density at radius 2 is 1.82 bits per heavy atom. The van der Waals surface area contributed by atoms with E-state index in [1.54, 1.807) is 18.3 Å². The van der Waals surface area contributed by atoms with Crippen LogP contribution in [0.4, 0.5) is 5.69 Å². The van der Waals surface area contributed by atoms with Gasteiger partial charge in [0.05, 0.1) is 28.9 Å². The number of carbonyl (C=O) groups is 1. The molecule has 0 bridgehead atoms. The molecule has 0 unspecified atom stereocenters. The van der Waals surface area contributed by atoms with Gasteiger partial charge >= 0.3 is 0 Å². The van der Waals surface area contributed by atoms with Crippen molar-refractivity contribution in [3.8, 4) is 22.6 Å². The Hall–Kier alpha value is -2.83. The molecule has 6 rings (SSSR count). The van der Waals surface area contributed by atoms with Crippen LogP contribution in [0.25, 0.3) is 22.0 Å². The number of Topliss-reactive ketones (excluding diaryl/α,β-unsaturated/α-hetero) is 1. The van der Waals surface area contributed by atoms with E-state index in [1.807, 2.05) is 12.1 Å². The number of fused-ring (bicyclic) bond motifs is 1. The van der Waals surface area contributed by atoms with E-state index in [4.69, 9.17) is 21.3 Å². The third-order valence-corrected chi connectivity index (χ3v) is 8.91. The number of piperidine rings is 1. The molecule has 0 amide bonds. The number of hydrogen-bond donors (Lipinski definition) is 1. The van der Waals surface area contributed by atoms with Crippen LogP contribution >= 0.6 is 11.6 Å². The number of carbonyl (C=O) groups excluding carboxylic acids is 1. The van der Waals surface area contributed by atoms with Crippen molar-refractivity contribution in [3.63, 3.8) is 0 Å². The number of nitrogens with zero attached hydrogens (tertiary/aromatic N) is 3. The van der Waals surface area contributed by atoms with E-state index in [0.717, 1.165) is 78.0 Å². The van der Waals surface area contributed by atoms with Gasteiger partial charge in [-0.3, -0.25) is 9.78 Å². The van der Waals surface area contributed by atoms with Gasteiger partial charge in [-0.15, -0.1) is 0 Å². The van der Waals surface area contributed by atoms with Crippen LogP contribution in [0, 0.1) is 11.8 Å². The van der Waals surface area contributed by atoms with Crippen molar-refractivity contribution < 1.29 is 14.6 Å². The quantitative estimate of drug-likeness (QED) is 0.331. The fraction of sp³-hybridized carbons (Fsp3) is 0.484. The Morgan fingerprint density at radius 3 is 2.53 bits per heavy atom. The van der Waals surface area contributed by atoms with Crippen LogP contribution in [-0.2, 0) is 0 Å². The summed E-state index contributed by atoms with van der Waals surface area (Å²) in [5.41, 5.74) is 4.45. The largest absolute Gasteiger partial charge is 0.503 e. The summed E-state index contributed by atoms with van der Waals surface area (Å²) < 4.78 is 5.34. The van der Waals surface area contributed by atoms with Crippen LogP contribution in [0.5, 0.6) is 11.5 Å². The smallest absolute Gasteiger partial charge is 0.176 e. The van der Waals surface area contributed by atoms with E-state index < -0.39 is 0 Å². The van der Waals surface area contributed by atoms with Crippen molar-refractivity contribution in [2.75, 3.05) is 44.7 Å². The van der Waals surface area contributed by atoms with Gasteiger partial charge in [0.25, 0.3) is 0 Å². The number of aromatic nitrogens is 1.